The highest BCUT2D eigenvalue weighted by Crippen LogP contribution is 2.27. The fourth-order valence-electron chi connectivity index (χ4n) is 3.42. The molecule has 0 atom stereocenters. The lowest BCUT2D eigenvalue weighted by atomic mass is 9.95. The number of aromatic nitrogens is 1. The Balaban J connectivity index is 1.70. The number of carbonyl (C=O) groups is 1. The Morgan fingerprint density at radius 1 is 0.889 bits per heavy atom. The third kappa shape index (κ3) is 4.82. The fraction of sp³-hybridized carbons (Fsp3) is 0.250. The first kappa shape index (κ1) is 18.8. The fourth-order valence-corrected chi connectivity index (χ4v) is 3.42. The van der Waals surface area contributed by atoms with Crippen LogP contribution >= 0.6 is 0 Å². The van der Waals surface area contributed by atoms with Crippen molar-refractivity contribution in [3.05, 3.63) is 84.7 Å². The number of amides is 1. The number of para-hydroxylation sites is 1. The van der Waals surface area contributed by atoms with Gasteiger partial charge in [0.1, 0.15) is 0 Å². The van der Waals surface area contributed by atoms with Gasteiger partial charge >= 0.3 is 0 Å². The van der Waals surface area contributed by atoms with E-state index in [1.54, 1.807) is 0 Å². The average molecular weight is 359 g/mol. The van der Waals surface area contributed by atoms with Crippen molar-refractivity contribution < 1.29 is 9.36 Å². The molecule has 0 aliphatic carbocycles. The van der Waals surface area contributed by atoms with Crippen LogP contribution in [0.3, 0.4) is 0 Å². The summed E-state index contributed by atoms with van der Waals surface area (Å²) in [6.45, 7) is 4.73. The predicted molar refractivity (Wildman–Crippen MR) is 110 cm³/mol. The van der Waals surface area contributed by atoms with Crippen LogP contribution in [-0.4, -0.2) is 5.91 Å². The molecule has 0 saturated carbocycles. The summed E-state index contributed by atoms with van der Waals surface area (Å²) < 4.78 is 1.92. The Hall–Kier alpha value is -2.94. The van der Waals surface area contributed by atoms with Gasteiger partial charge < -0.3 is 5.32 Å². The maximum absolute atomic E-state index is 12.6. The second-order valence-electron chi connectivity index (χ2n) is 6.78. The molecule has 1 heterocycles. The number of nitrogens with one attached hydrogen (secondary N) is 1. The van der Waals surface area contributed by atoms with Gasteiger partial charge in [0.15, 0.2) is 12.4 Å². The van der Waals surface area contributed by atoms with Gasteiger partial charge in [-0.05, 0) is 36.0 Å². The Morgan fingerprint density at radius 2 is 1.52 bits per heavy atom. The van der Waals surface area contributed by atoms with Gasteiger partial charge in [0.05, 0.1) is 0 Å². The first-order valence-corrected chi connectivity index (χ1v) is 9.64. The number of rotatable bonds is 7. The highest BCUT2D eigenvalue weighted by Gasteiger charge is 2.14. The lowest BCUT2D eigenvalue weighted by Crippen LogP contribution is -2.39. The predicted octanol–water partition coefficient (Wildman–Crippen LogP) is 5.18. The van der Waals surface area contributed by atoms with Gasteiger partial charge in [-0.15, -0.1) is 0 Å². The van der Waals surface area contributed by atoms with Crippen molar-refractivity contribution in [2.45, 2.75) is 39.2 Å². The van der Waals surface area contributed by atoms with E-state index in [4.69, 9.17) is 0 Å². The molecule has 0 spiro atoms. The van der Waals surface area contributed by atoms with Gasteiger partial charge in [-0.3, -0.25) is 4.79 Å². The third-order valence-corrected chi connectivity index (χ3v) is 4.99. The zero-order valence-electron chi connectivity index (χ0n) is 16.1. The molecule has 0 unspecified atom stereocenters. The van der Waals surface area contributed by atoms with E-state index in [0.717, 1.165) is 29.7 Å². The monoisotopic (exact) mass is 359 g/mol. The zero-order valence-corrected chi connectivity index (χ0v) is 16.1. The van der Waals surface area contributed by atoms with E-state index in [9.17, 15) is 4.79 Å². The van der Waals surface area contributed by atoms with Crippen LogP contribution in [0.5, 0.6) is 0 Å². The quantitative estimate of drug-likeness (QED) is 0.579. The van der Waals surface area contributed by atoms with E-state index >= 15 is 0 Å². The number of nitrogens with zero attached hydrogens (tertiary/aromatic N) is 1. The van der Waals surface area contributed by atoms with Crippen molar-refractivity contribution in [2.75, 3.05) is 5.32 Å². The number of hydrogen-bond acceptors (Lipinski definition) is 1. The SMILES string of the molecule is CCC(CC)c1cc[n+](CC(=O)Nc2ccccc2-c2ccccc2)cc1. The summed E-state index contributed by atoms with van der Waals surface area (Å²) in [5.74, 6) is 0.560. The van der Waals surface area contributed by atoms with Crippen LogP contribution in [0, 0.1) is 0 Å². The molecular formula is C24H27N2O+. The van der Waals surface area contributed by atoms with Crippen molar-refractivity contribution in [2.24, 2.45) is 0 Å². The van der Waals surface area contributed by atoms with Gasteiger partial charge in [0.25, 0.3) is 5.91 Å². The van der Waals surface area contributed by atoms with Gasteiger partial charge in [-0.1, -0.05) is 62.4 Å². The minimum atomic E-state index is -0.0290. The lowest BCUT2D eigenvalue weighted by Gasteiger charge is -2.12. The minimum absolute atomic E-state index is 0.0290. The van der Waals surface area contributed by atoms with Gasteiger partial charge in [-0.2, -0.15) is 4.57 Å². The summed E-state index contributed by atoms with van der Waals surface area (Å²) in [6.07, 6.45) is 6.27. The van der Waals surface area contributed by atoms with E-state index in [0.29, 0.717) is 12.5 Å². The largest absolute Gasteiger partial charge is 0.320 e. The number of hydrogen-bond donors (Lipinski definition) is 1. The molecule has 138 valence electrons. The highest BCUT2D eigenvalue weighted by molar-refractivity contribution is 5.94. The summed E-state index contributed by atoms with van der Waals surface area (Å²) in [5.41, 5.74) is 4.30. The smallest absolute Gasteiger partial charge is 0.290 e. The minimum Gasteiger partial charge on any atom is -0.320 e. The molecule has 0 fully saturated rings. The molecule has 3 aromatic rings. The molecule has 0 radical (unpaired) electrons. The van der Waals surface area contributed by atoms with Crippen molar-refractivity contribution in [3.8, 4) is 11.1 Å². The van der Waals surface area contributed by atoms with Crippen molar-refractivity contribution in [1.29, 1.82) is 0 Å². The van der Waals surface area contributed by atoms with E-state index in [1.807, 2.05) is 59.4 Å². The van der Waals surface area contributed by atoms with Gasteiger partial charge in [-0.25, -0.2) is 0 Å². The molecule has 0 saturated heterocycles. The van der Waals surface area contributed by atoms with Crippen LogP contribution in [0.1, 0.15) is 38.2 Å². The van der Waals surface area contributed by atoms with Crippen LogP contribution in [0.15, 0.2) is 79.1 Å². The lowest BCUT2D eigenvalue weighted by molar-refractivity contribution is -0.684. The van der Waals surface area contributed by atoms with Crippen molar-refractivity contribution >= 4 is 11.6 Å². The standard InChI is InChI=1S/C24H26N2O/c1-3-19(4-2)20-14-16-26(17-15-20)18-24(27)25-23-13-9-8-12-22(23)21-10-6-5-7-11-21/h5-17,19H,3-4,18H2,1-2H3/p+1. The van der Waals surface area contributed by atoms with E-state index in [1.165, 1.54) is 5.56 Å². The molecule has 3 rings (SSSR count). The molecular weight excluding hydrogens is 332 g/mol. The van der Waals surface area contributed by atoms with E-state index in [-0.39, 0.29) is 5.91 Å². The maximum Gasteiger partial charge on any atom is 0.290 e. The topological polar surface area (TPSA) is 33.0 Å². The van der Waals surface area contributed by atoms with Gasteiger partial charge in [0.2, 0.25) is 6.54 Å². The summed E-state index contributed by atoms with van der Waals surface area (Å²) >= 11 is 0. The van der Waals surface area contributed by atoms with Crippen LogP contribution < -0.4 is 9.88 Å². The number of benzene rings is 2. The Kier molecular flexibility index (Phi) is 6.37. The van der Waals surface area contributed by atoms with E-state index in [2.05, 4.69) is 43.4 Å². The molecule has 3 heteroatoms. The first-order chi connectivity index (χ1) is 13.2. The van der Waals surface area contributed by atoms with Crippen molar-refractivity contribution in [3.63, 3.8) is 0 Å². The second kappa shape index (κ2) is 9.13. The summed E-state index contributed by atoms with van der Waals surface area (Å²) in [7, 11) is 0. The van der Waals surface area contributed by atoms with Crippen LogP contribution in [-0.2, 0) is 11.3 Å². The molecule has 0 aliphatic heterocycles. The van der Waals surface area contributed by atoms with Crippen molar-refractivity contribution in [1.82, 2.24) is 0 Å². The molecule has 1 aromatic heterocycles. The number of pyridine rings is 1. The maximum atomic E-state index is 12.6. The molecule has 1 amide bonds. The molecule has 0 aliphatic rings. The Labute approximate surface area is 161 Å². The molecule has 27 heavy (non-hydrogen) atoms. The number of anilines is 1. The molecule has 2 aromatic carbocycles. The zero-order chi connectivity index (χ0) is 19.1. The van der Waals surface area contributed by atoms with Crippen LogP contribution in [0.25, 0.3) is 11.1 Å². The Morgan fingerprint density at radius 3 is 2.19 bits per heavy atom. The van der Waals surface area contributed by atoms with Crippen LogP contribution in [0.2, 0.25) is 0 Å². The first-order valence-electron chi connectivity index (χ1n) is 9.64. The van der Waals surface area contributed by atoms with E-state index < -0.39 is 0 Å². The summed E-state index contributed by atoms with van der Waals surface area (Å²) in [5, 5.41) is 3.06. The highest BCUT2D eigenvalue weighted by atomic mass is 16.1. The van der Waals surface area contributed by atoms with Gasteiger partial charge in [0, 0.05) is 23.4 Å². The average Bonchev–Trinajstić information content (AvgIpc) is 2.71. The second-order valence-corrected chi connectivity index (χ2v) is 6.78. The molecule has 3 nitrogen and oxygen atoms in total. The van der Waals surface area contributed by atoms with Crippen LogP contribution in [0.4, 0.5) is 5.69 Å². The molecule has 0 bridgehead atoms. The molecule has 1 N–H and O–H groups in total. The number of carbonyl (C=O) groups excluding carboxylic acids is 1. The third-order valence-electron chi connectivity index (χ3n) is 4.99. The summed E-state index contributed by atoms with van der Waals surface area (Å²) in [4.78, 5) is 12.6. The summed E-state index contributed by atoms with van der Waals surface area (Å²) in [6, 6.07) is 22.3. The Bertz CT molecular complexity index is 868. The normalized spacial score (nSPS) is 10.8.